The number of rotatable bonds is 4. The molecule has 3 nitrogen and oxygen atoms in total. The lowest BCUT2D eigenvalue weighted by atomic mass is 9.90. The Kier molecular flexibility index (Phi) is 5.75. The molecule has 2 saturated heterocycles. The van der Waals surface area contributed by atoms with Gasteiger partial charge in [0.25, 0.3) is 0 Å². The van der Waals surface area contributed by atoms with Crippen molar-refractivity contribution in [1.29, 1.82) is 0 Å². The van der Waals surface area contributed by atoms with Gasteiger partial charge in [0.2, 0.25) is 0 Å². The molecule has 1 N–H and O–H groups in total. The molecule has 0 saturated carbocycles. The van der Waals surface area contributed by atoms with Crippen molar-refractivity contribution < 1.29 is 4.74 Å². The van der Waals surface area contributed by atoms with E-state index in [0.717, 1.165) is 43.4 Å². The molecule has 2 aliphatic rings. The molecule has 4 heteroatoms. The second kappa shape index (κ2) is 7.78. The van der Waals surface area contributed by atoms with Crippen molar-refractivity contribution in [3.8, 4) is 0 Å². The zero-order valence-electron chi connectivity index (χ0n) is 13.4. The lowest BCUT2D eigenvalue weighted by molar-refractivity contribution is -0.0121. The van der Waals surface area contributed by atoms with Crippen LogP contribution in [0.3, 0.4) is 0 Å². The fourth-order valence-electron chi connectivity index (χ4n) is 3.96. The Morgan fingerprint density at radius 2 is 1.91 bits per heavy atom. The molecule has 3 rings (SSSR count). The predicted octanol–water partition coefficient (Wildman–Crippen LogP) is 3.11. The lowest BCUT2D eigenvalue weighted by Crippen LogP contribution is -2.53. The zero-order chi connectivity index (χ0) is 15.4. The molecule has 2 fully saturated rings. The molecule has 22 heavy (non-hydrogen) atoms. The van der Waals surface area contributed by atoms with Crippen LogP contribution >= 0.6 is 11.6 Å². The maximum Gasteiger partial charge on any atom is 0.0598 e. The Morgan fingerprint density at radius 3 is 2.59 bits per heavy atom. The maximum atomic E-state index is 6.01. The van der Waals surface area contributed by atoms with Gasteiger partial charge in [0.05, 0.1) is 6.10 Å². The smallest absolute Gasteiger partial charge is 0.0598 e. The Balaban J connectivity index is 1.70. The summed E-state index contributed by atoms with van der Waals surface area (Å²) >= 11 is 6.01. The number of piperidine rings is 2. The van der Waals surface area contributed by atoms with Crippen LogP contribution in [0.1, 0.15) is 31.2 Å². The van der Waals surface area contributed by atoms with E-state index in [9.17, 15) is 0 Å². The summed E-state index contributed by atoms with van der Waals surface area (Å²) in [7, 11) is 1.85. The van der Waals surface area contributed by atoms with Gasteiger partial charge in [0.1, 0.15) is 0 Å². The van der Waals surface area contributed by atoms with Crippen LogP contribution in [-0.4, -0.2) is 49.8 Å². The van der Waals surface area contributed by atoms with Crippen molar-refractivity contribution in [2.45, 2.75) is 50.3 Å². The molecule has 122 valence electrons. The third-order valence-electron chi connectivity index (χ3n) is 5.21. The van der Waals surface area contributed by atoms with Gasteiger partial charge >= 0.3 is 0 Å². The highest BCUT2D eigenvalue weighted by molar-refractivity contribution is 6.30. The van der Waals surface area contributed by atoms with E-state index in [1.165, 1.54) is 24.9 Å². The SMILES string of the molecule is COC1CCN(C2CCNCC2)[C@@H](Cc2ccc(Cl)cc2)C1. The number of nitrogens with zero attached hydrogens (tertiary/aromatic N) is 1. The van der Waals surface area contributed by atoms with Crippen molar-refractivity contribution >= 4 is 11.6 Å². The van der Waals surface area contributed by atoms with Crippen LogP contribution in [0.25, 0.3) is 0 Å². The van der Waals surface area contributed by atoms with Crippen molar-refractivity contribution in [2.75, 3.05) is 26.7 Å². The van der Waals surface area contributed by atoms with E-state index >= 15 is 0 Å². The first-order valence-electron chi connectivity index (χ1n) is 8.50. The van der Waals surface area contributed by atoms with E-state index < -0.39 is 0 Å². The number of ether oxygens (including phenoxy) is 1. The molecular formula is C18H27ClN2O. The zero-order valence-corrected chi connectivity index (χ0v) is 14.2. The van der Waals surface area contributed by atoms with Crippen LogP contribution in [-0.2, 0) is 11.2 Å². The van der Waals surface area contributed by atoms with Crippen LogP contribution in [0.15, 0.2) is 24.3 Å². The number of nitrogens with one attached hydrogen (secondary N) is 1. The standard InChI is InChI=1S/C18H27ClN2O/c1-22-18-8-11-21(16-6-9-20-10-7-16)17(13-18)12-14-2-4-15(19)5-3-14/h2-5,16-18,20H,6-13H2,1H3/t17-,18?/m0/s1. The average molecular weight is 323 g/mol. The summed E-state index contributed by atoms with van der Waals surface area (Å²) in [6.07, 6.45) is 6.36. The minimum Gasteiger partial charge on any atom is -0.381 e. The number of halogens is 1. The summed E-state index contributed by atoms with van der Waals surface area (Å²) in [5.74, 6) is 0. The quantitative estimate of drug-likeness (QED) is 0.922. The highest BCUT2D eigenvalue weighted by Crippen LogP contribution is 2.28. The minimum atomic E-state index is 0.412. The van der Waals surface area contributed by atoms with E-state index in [-0.39, 0.29) is 0 Å². The van der Waals surface area contributed by atoms with Crippen molar-refractivity contribution in [3.05, 3.63) is 34.9 Å². The highest BCUT2D eigenvalue weighted by Gasteiger charge is 2.33. The van der Waals surface area contributed by atoms with Gasteiger partial charge in [-0.2, -0.15) is 0 Å². The monoisotopic (exact) mass is 322 g/mol. The van der Waals surface area contributed by atoms with E-state index in [1.54, 1.807) is 0 Å². The fraction of sp³-hybridized carbons (Fsp3) is 0.667. The van der Waals surface area contributed by atoms with Crippen LogP contribution in [0.5, 0.6) is 0 Å². The van der Waals surface area contributed by atoms with Crippen molar-refractivity contribution in [3.63, 3.8) is 0 Å². The van der Waals surface area contributed by atoms with E-state index in [1.807, 2.05) is 19.2 Å². The Morgan fingerprint density at radius 1 is 1.18 bits per heavy atom. The van der Waals surface area contributed by atoms with Gasteiger partial charge in [0, 0.05) is 30.8 Å². The fourth-order valence-corrected chi connectivity index (χ4v) is 4.08. The summed E-state index contributed by atoms with van der Waals surface area (Å²) in [6.45, 7) is 3.48. The van der Waals surface area contributed by atoms with Crippen molar-refractivity contribution in [2.24, 2.45) is 0 Å². The summed E-state index contributed by atoms with van der Waals surface area (Å²) in [6, 6.07) is 9.66. The van der Waals surface area contributed by atoms with Gasteiger partial charge in [-0.25, -0.2) is 0 Å². The van der Waals surface area contributed by atoms with Crippen LogP contribution < -0.4 is 5.32 Å². The second-order valence-electron chi connectivity index (χ2n) is 6.59. The number of hydrogen-bond acceptors (Lipinski definition) is 3. The molecule has 0 radical (unpaired) electrons. The first-order chi connectivity index (χ1) is 10.8. The molecule has 1 aromatic carbocycles. The molecule has 0 bridgehead atoms. The second-order valence-corrected chi connectivity index (χ2v) is 7.02. The third-order valence-corrected chi connectivity index (χ3v) is 5.46. The van der Waals surface area contributed by atoms with Gasteiger partial charge < -0.3 is 10.1 Å². The first-order valence-corrected chi connectivity index (χ1v) is 8.88. The molecule has 2 aliphatic heterocycles. The molecule has 2 atom stereocenters. The highest BCUT2D eigenvalue weighted by atomic mass is 35.5. The molecule has 2 heterocycles. The molecule has 0 aromatic heterocycles. The van der Waals surface area contributed by atoms with Crippen molar-refractivity contribution in [1.82, 2.24) is 10.2 Å². The van der Waals surface area contributed by atoms with Crippen LogP contribution in [0.2, 0.25) is 5.02 Å². The summed E-state index contributed by atoms with van der Waals surface area (Å²) in [5.41, 5.74) is 1.38. The molecule has 0 amide bonds. The number of hydrogen-bond donors (Lipinski definition) is 1. The van der Waals surface area contributed by atoms with Crippen LogP contribution in [0.4, 0.5) is 0 Å². The molecular weight excluding hydrogens is 296 g/mol. The summed E-state index contributed by atoms with van der Waals surface area (Å²) in [4.78, 5) is 2.75. The molecule has 0 aliphatic carbocycles. The Hall–Kier alpha value is -0.610. The average Bonchev–Trinajstić information content (AvgIpc) is 2.57. The largest absolute Gasteiger partial charge is 0.381 e. The third kappa shape index (κ3) is 4.02. The molecule has 1 unspecified atom stereocenters. The summed E-state index contributed by atoms with van der Waals surface area (Å²) < 4.78 is 5.65. The number of benzene rings is 1. The maximum absolute atomic E-state index is 6.01. The van der Waals surface area contributed by atoms with E-state index in [0.29, 0.717) is 12.1 Å². The van der Waals surface area contributed by atoms with Gasteiger partial charge in [-0.1, -0.05) is 23.7 Å². The van der Waals surface area contributed by atoms with E-state index in [2.05, 4.69) is 22.3 Å². The normalized spacial score (nSPS) is 27.9. The predicted molar refractivity (Wildman–Crippen MR) is 91.6 cm³/mol. The first kappa shape index (κ1) is 16.3. The van der Waals surface area contributed by atoms with E-state index in [4.69, 9.17) is 16.3 Å². The molecule has 0 spiro atoms. The van der Waals surface area contributed by atoms with Gasteiger partial charge in [0.15, 0.2) is 0 Å². The van der Waals surface area contributed by atoms with Gasteiger partial charge in [-0.15, -0.1) is 0 Å². The van der Waals surface area contributed by atoms with Crippen LogP contribution in [0, 0.1) is 0 Å². The van der Waals surface area contributed by atoms with Gasteiger partial charge in [-0.05, 0) is 62.9 Å². The van der Waals surface area contributed by atoms with Gasteiger partial charge in [-0.3, -0.25) is 4.90 Å². The minimum absolute atomic E-state index is 0.412. The number of likely N-dealkylation sites (tertiary alicyclic amines) is 1. The topological polar surface area (TPSA) is 24.5 Å². The molecule has 1 aromatic rings. The lowest BCUT2D eigenvalue weighted by Gasteiger charge is -2.45. The Bertz CT molecular complexity index is 459. The Labute approximate surface area is 139 Å². The number of methoxy groups -OCH3 is 1. The summed E-state index contributed by atoms with van der Waals surface area (Å²) in [5, 5.41) is 4.30.